The van der Waals surface area contributed by atoms with Crippen LogP contribution in [0.1, 0.15) is 20.9 Å². The third-order valence-electron chi connectivity index (χ3n) is 3.30. The Morgan fingerprint density at radius 1 is 1.24 bits per heavy atom. The molecule has 0 saturated heterocycles. The van der Waals surface area contributed by atoms with Crippen molar-refractivity contribution >= 4 is 34.9 Å². The van der Waals surface area contributed by atoms with E-state index in [1.807, 2.05) is 18.2 Å². The van der Waals surface area contributed by atoms with Gasteiger partial charge in [0.2, 0.25) is 23.2 Å². The summed E-state index contributed by atoms with van der Waals surface area (Å²) in [5.41, 5.74) is 0.879. The number of fused-ring (bicyclic) bond motifs is 1. The summed E-state index contributed by atoms with van der Waals surface area (Å²) in [5.74, 6) is -0.513. The van der Waals surface area contributed by atoms with Crippen LogP contribution in [-0.2, 0) is 9.53 Å². The predicted molar refractivity (Wildman–Crippen MR) is 91.6 cm³/mol. The molecule has 0 spiro atoms. The number of nitrogens with zero attached hydrogens (tertiary/aromatic N) is 1. The number of aromatic nitrogens is 1. The molecule has 0 aliphatic heterocycles. The van der Waals surface area contributed by atoms with E-state index in [4.69, 9.17) is 9.26 Å². The van der Waals surface area contributed by atoms with Crippen molar-refractivity contribution in [3.05, 3.63) is 58.8 Å². The molecular formula is C17H14N2O5S. The van der Waals surface area contributed by atoms with Gasteiger partial charge >= 0.3 is 0 Å². The smallest absolute Gasteiger partial charge is 0.250 e. The molecule has 8 heteroatoms. The van der Waals surface area contributed by atoms with Crippen molar-refractivity contribution in [2.45, 2.75) is 0 Å². The first-order chi connectivity index (χ1) is 12.1. The molecule has 1 aromatic heterocycles. The maximum absolute atomic E-state index is 12.2. The van der Waals surface area contributed by atoms with Gasteiger partial charge in [0.25, 0.3) is 0 Å². The maximum atomic E-state index is 12.2. The van der Waals surface area contributed by atoms with Crippen molar-refractivity contribution in [1.29, 1.82) is 0 Å². The summed E-state index contributed by atoms with van der Waals surface area (Å²) in [6, 6.07) is 9.07. The standard InChI is InChI=1S/C17H14N2O5S/c20-13-8-14(16(22)12-9-18-24-17(12)13)25-7-6-23-10-15(21)19-11-4-2-1-3-5-11/h1-5,8-9H,6-7,10H2,(H,19,21). The van der Waals surface area contributed by atoms with Crippen molar-refractivity contribution in [2.75, 3.05) is 24.3 Å². The predicted octanol–water partition coefficient (Wildman–Crippen LogP) is 2.33. The van der Waals surface area contributed by atoms with Gasteiger partial charge in [-0.25, -0.2) is 0 Å². The number of amides is 1. The number of hydrogen-bond acceptors (Lipinski definition) is 7. The second-order valence-electron chi connectivity index (χ2n) is 5.09. The number of benzene rings is 1. The van der Waals surface area contributed by atoms with Crippen LogP contribution in [-0.4, -0.2) is 41.6 Å². The first-order valence-electron chi connectivity index (χ1n) is 7.46. The van der Waals surface area contributed by atoms with Gasteiger partial charge in [-0.15, -0.1) is 11.8 Å². The van der Waals surface area contributed by atoms with E-state index in [2.05, 4.69) is 10.5 Å². The largest absolute Gasteiger partial charge is 0.371 e. The molecule has 0 atom stereocenters. The first kappa shape index (κ1) is 17.1. The molecular weight excluding hydrogens is 344 g/mol. The Morgan fingerprint density at radius 2 is 2.04 bits per heavy atom. The van der Waals surface area contributed by atoms with Gasteiger partial charge in [0.15, 0.2) is 0 Å². The Kier molecular flexibility index (Phi) is 5.42. The zero-order valence-electron chi connectivity index (χ0n) is 13.1. The number of carbonyl (C=O) groups excluding carboxylic acids is 3. The SMILES string of the molecule is O=C(COCCSC1=CC(=O)c2oncc2C1=O)Nc1ccccc1. The van der Waals surface area contributed by atoms with Gasteiger partial charge in [0.1, 0.15) is 6.61 Å². The van der Waals surface area contributed by atoms with Gasteiger partial charge in [0, 0.05) is 17.5 Å². The minimum Gasteiger partial charge on any atom is -0.371 e. The molecule has 7 nitrogen and oxygen atoms in total. The average molecular weight is 358 g/mol. The van der Waals surface area contributed by atoms with Crippen LogP contribution in [0.2, 0.25) is 0 Å². The lowest BCUT2D eigenvalue weighted by molar-refractivity contribution is -0.120. The van der Waals surface area contributed by atoms with E-state index >= 15 is 0 Å². The number of anilines is 1. The Balaban J connectivity index is 1.40. The lowest BCUT2D eigenvalue weighted by Crippen LogP contribution is -2.19. The fourth-order valence-electron chi connectivity index (χ4n) is 2.16. The Labute approximate surface area is 147 Å². The van der Waals surface area contributed by atoms with E-state index in [1.165, 1.54) is 24.0 Å². The second kappa shape index (κ2) is 7.91. The normalized spacial score (nSPS) is 13.4. The number of rotatable bonds is 7. The zero-order chi connectivity index (χ0) is 17.6. The molecule has 1 N–H and O–H groups in total. The lowest BCUT2D eigenvalue weighted by Gasteiger charge is -2.10. The molecule has 25 heavy (non-hydrogen) atoms. The third-order valence-corrected chi connectivity index (χ3v) is 4.29. The van der Waals surface area contributed by atoms with Gasteiger partial charge in [-0.05, 0) is 12.1 Å². The molecule has 0 radical (unpaired) electrons. The van der Waals surface area contributed by atoms with Crippen molar-refractivity contribution in [1.82, 2.24) is 5.16 Å². The van der Waals surface area contributed by atoms with Crippen LogP contribution < -0.4 is 5.32 Å². The van der Waals surface area contributed by atoms with Gasteiger partial charge in [-0.3, -0.25) is 14.4 Å². The fourth-order valence-corrected chi connectivity index (χ4v) is 3.02. The van der Waals surface area contributed by atoms with E-state index in [0.717, 1.165) is 0 Å². The highest BCUT2D eigenvalue weighted by atomic mass is 32.2. The summed E-state index contributed by atoms with van der Waals surface area (Å²) >= 11 is 1.20. The van der Waals surface area contributed by atoms with Crippen molar-refractivity contribution < 1.29 is 23.6 Å². The number of carbonyl (C=O) groups is 3. The summed E-state index contributed by atoms with van der Waals surface area (Å²) in [4.78, 5) is 36.0. The number of nitrogens with one attached hydrogen (secondary N) is 1. The van der Waals surface area contributed by atoms with Gasteiger partial charge in [-0.2, -0.15) is 0 Å². The van der Waals surface area contributed by atoms with Gasteiger partial charge in [-0.1, -0.05) is 23.4 Å². The van der Waals surface area contributed by atoms with E-state index in [0.29, 0.717) is 16.3 Å². The highest BCUT2D eigenvalue weighted by Gasteiger charge is 2.29. The van der Waals surface area contributed by atoms with Crippen LogP contribution in [0.15, 0.2) is 52.0 Å². The second-order valence-corrected chi connectivity index (χ2v) is 6.22. The third kappa shape index (κ3) is 4.23. The molecule has 0 bridgehead atoms. The van der Waals surface area contributed by atoms with E-state index in [-0.39, 0.29) is 42.0 Å². The van der Waals surface area contributed by atoms with Crippen LogP contribution >= 0.6 is 11.8 Å². The Bertz CT molecular complexity index is 829. The minimum absolute atomic E-state index is 0.0248. The number of thioether (sulfide) groups is 1. The quantitative estimate of drug-likeness (QED) is 0.758. The fraction of sp³-hybridized carbons (Fsp3) is 0.176. The number of ether oxygens (including phenoxy) is 1. The summed E-state index contributed by atoms with van der Waals surface area (Å²) in [6.45, 7) is 0.180. The van der Waals surface area contributed by atoms with Crippen LogP contribution in [0.5, 0.6) is 0 Å². The highest BCUT2D eigenvalue weighted by molar-refractivity contribution is 8.04. The number of para-hydroxylation sites is 1. The van der Waals surface area contributed by atoms with Crippen LogP contribution in [0.3, 0.4) is 0 Å². The van der Waals surface area contributed by atoms with Crippen molar-refractivity contribution in [3.8, 4) is 0 Å². The molecule has 0 saturated carbocycles. The Morgan fingerprint density at radius 3 is 2.84 bits per heavy atom. The van der Waals surface area contributed by atoms with Crippen LogP contribution in [0.25, 0.3) is 0 Å². The van der Waals surface area contributed by atoms with E-state index < -0.39 is 0 Å². The van der Waals surface area contributed by atoms with Crippen molar-refractivity contribution in [3.63, 3.8) is 0 Å². The summed E-state index contributed by atoms with van der Waals surface area (Å²) in [5, 5.41) is 6.18. The molecule has 1 heterocycles. The van der Waals surface area contributed by atoms with E-state index in [9.17, 15) is 14.4 Å². The van der Waals surface area contributed by atoms with Gasteiger partial charge < -0.3 is 14.6 Å². The maximum Gasteiger partial charge on any atom is 0.250 e. The highest BCUT2D eigenvalue weighted by Crippen LogP contribution is 2.27. The average Bonchev–Trinajstić information content (AvgIpc) is 3.10. The van der Waals surface area contributed by atoms with E-state index in [1.54, 1.807) is 12.1 Å². The molecule has 0 fully saturated rings. The summed E-state index contributed by atoms with van der Waals surface area (Å²) in [7, 11) is 0. The molecule has 1 amide bonds. The topological polar surface area (TPSA) is 98.5 Å². The summed E-state index contributed by atoms with van der Waals surface area (Å²) < 4.78 is 10.0. The molecule has 3 rings (SSSR count). The molecule has 1 aliphatic rings. The minimum atomic E-state index is -0.377. The monoisotopic (exact) mass is 358 g/mol. The first-order valence-corrected chi connectivity index (χ1v) is 8.44. The molecule has 1 aromatic carbocycles. The number of ketones is 2. The van der Waals surface area contributed by atoms with Crippen LogP contribution in [0, 0.1) is 0 Å². The molecule has 0 unspecified atom stereocenters. The summed E-state index contributed by atoms with van der Waals surface area (Å²) in [6.07, 6.45) is 2.48. The van der Waals surface area contributed by atoms with Crippen LogP contribution in [0.4, 0.5) is 5.69 Å². The lowest BCUT2D eigenvalue weighted by atomic mass is 10.0. The number of hydrogen-bond donors (Lipinski definition) is 1. The Hall–Kier alpha value is -2.71. The molecule has 128 valence electrons. The number of allylic oxidation sites excluding steroid dienone is 2. The van der Waals surface area contributed by atoms with Crippen molar-refractivity contribution in [2.24, 2.45) is 0 Å². The van der Waals surface area contributed by atoms with Gasteiger partial charge in [0.05, 0.1) is 23.3 Å². The zero-order valence-corrected chi connectivity index (χ0v) is 13.9. The molecule has 1 aliphatic carbocycles. The number of Topliss-reactive ketones (excluding diaryl/α,β-unsaturated/α-hetero) is 1. The molecule has 2 aromatic rings.